The molecule has 0 aromatic heterocycles. The van der Waals surface area contributed by atoms with Gasteiger partial charge in [-0.3, -0.25) is 0 Å². The minimum Gasteiger partial charge on any atom is -0.464 e. The number of hydrogen-bond donors (Lipinski definition) is 1. The molecule has 0 aromatic carbocycles. The highest BCUT2D eigenvalue weighted by atomic mass is 16.6. The van der Waals surface area contributed by atoms with Crippen molar-refractivity contribution >= 4 is 5.97 Å². The number of ether oxygens (including phenoxy) is 2. The molecule has 1 aliphatic heterocycles. The maximum atomic E-state index is 11.2. The van der Waals surface area contributed by atoms with Crippen LogP contribution in [-0.2, 0) is 14.3 Å². The first-order valence-electron chi connectivity index (χ1n) is 5.18. The van der Waals surface area contributed by atoms with E-state index in [0.717, 1.165) is 13.1 Å². The predicted molar refractivity (Wildman–Crippen MR) is 50.9 cm³/mol. The highest BCUT2D eigenvalue weighted by Gasteiger charge is 2.33. The van der Waals surface area contributed by atoms with E-state index in [-0.39, 0.29) is 18.2 Å². The van der Waals surface area contributed by atoms with Crippen molar-refractivity contribution in [3.63, 3.8) is 0 Å². The van der Waals surface area contributed by atoms with Gasteiger partial charge in [-0.15, -0.1) is 0 Å². The summed E-state index contributed by atoms with van der Waals surface area (Å²) in [4.78, 5) is 11.2. The first-order chi connectivity index (χ1) is 6.68. The first kappa shape index (κ1) is 9.93. The standard InChI is InChI=1S/C10H17NO3/c1-10(6-11-7-10)14-5-9(12)13-4-8-2-3-8/h8,11H,2-7H2,1H3. The molecule has 1 aliphatic carbocycles. The number of nitrogens with one attached hydrogen (secondary N) is 1. The fourth-order valence-electron chi connectivity index (χ4n) is 1.35. The van der Waals surface area contributed by atoms with Gasteiger partial charge in [0.2, 0.25) is 0 Å². The monoisotopic (exact) mass is 199 g/mol. The lowest BCUT2D eigenvalue weighted by Gasteiger charge is -2.38. The Morgan fingerprint density at radius 3 is 2.71 bits per heavy atom. The maximum Gasteiger partial charge on any atom is 0.332 e. The molecule has 1 saturated heterocycles. The molecule has 2 rings (SSSR count). The van der Waals surface area contributed by atoms with Gasteiger partial charge in [-0.05, 0) is 25.7 Å². The summed E-state index contributed by atoms with van der Waals surface area (Å²) in [5.41, 5.74) is -0.154. The molecule has 0 atom stereocenters. The summed E-state index contributed by atoms with van der Waals surface area (Å²) in [5.74, 6) is 0.393. The van der Waals surface area contributed by atoms with Crippen LogP contribution in [0.1, 0.15) is 19.8 Å². The molecular formula is C10H17NO3. The molecular weight excluding hydrogens is 182 g/mol. The largest absolute Gasteiger partial charge is 0.464 e. The van der Waals surface area contributed by atoms with E-state index >= 15 is 0 Å². The summed E-state index contributed by atoms with van der Waals surface area (Å²) in [7, 11) is 0. The zero-order valence-electron chi connectivity index (χ0n) is 8.54. The van der Waals surface area contributed by atoms with Crippen LogP contribution in [0.15, 0.2) is 0 Å². The van der Waals surface area contributed by atoms with Crippen molar-refractivity contribution in [2.24, 2.45) is 5.92 Å². The second-order valence-electron chi connectivity index (χ2n) is 4.47. The number of hydrogen-bond acceptors (Lipinski definition) is 4. The minimum absolute atomic E-state index is 0.0882. The lowest BCUT2D eigenvalue weighted by atomic mass is 10.0. The van der Waals surface area contributed by atoms with E-state index in [2.05, 4.69) is 5.32 Å². The van der Waals surface area contributed by atoms with Crippen LogP contribution in [0.5, 0.6) is 0 Å². The Morgan fingerprint density at radius 1 is 1.50 bits per heavy atom. The fraction of sp³-hybridized carbons (Fsp3) is 0.900. The summed E-state index contributed by atoms with van der Waals surface area (Å²) < 4.78 is 10.5. The van der Waals surface area contributed by atoms with Crippen molar-refractivity contribution in [2.45, 2.75) is 25.4 Å². The molecule has 2 aliphatic rings. The number of esters is 1. The third kappa shape index (κ3) is 2.69. The van der Waals surface area contributed by atoms with Gasteiger partial charge in [-0.1, -0.05) is 0 Å². The van der Waals surface area contributed by atoms with E-state index in [1.54, 1.807) is 0 Å². The molecule has 4 nitrogen and oxygen atoms in total. The molecule has 1 saturated carbocycles. The van der Waals surface area contributed by atoms with Gasteiger partial charge in [0.25, 0.3) is 0 Å². The Kier molecular flexibility index (Phi) is 2.74. The molecule has 1 N–H and O–H groups in total. The molecule has 1 heterocycles. The molecule has 0 unspecified atom stereocenters. The van der Waals surface area contributed by atoms with E-state index in [9.17, 15) is 4.79 Å². The Hall–Kier alpha value is -0.610. The highest BCUT2D eigenvalue weighted by molar-refractivity contribution is 5.70. The number of rotatable bonds is 5. The van der Waals surface area contributed by atoms with Crippen molar-refractivity contribution in [3.05, 3.63) is 0 Å². The van der Waals surface area contributed by atoms with E-state index in [1.807, 2.05) is 6.92 Å². The van der Waals surface area contributed by atoms with E-state index in [0.29, 0.717) is 12.5 Å². The smallest absolute Gasteiger partial charge is 0.332 e. The Bertz CT molecular complexity index is 221. The van der Waals surface area contributed by atoms with Gasteiger partial charge in [-0.25, -0.2) is 4.79 Å². The Morgan fingerprint density at radius 2 is 2.21 bits per heavy atom. The van der Waals surface area contributed by atoms with Crippen LogP contribution in [0.2, 0.25) is 0 Å². The van der Waals surface area contributed by atoms with Crippen molar-refractivity contribution in [1.82, 2.24) is 5.32 Å². The van der Waals surface area contributed by atoms with Crippen molar-refractivity contribution < 1.29 is 14.3 Å². The summed E-state index contributed by atoms with van der Waals surface area (Å²) in [6.07, 6.45) is 2.41. The van der Waals surface area contributed by atoms with Gasteiger partial charge in [0.1, 0.15) is 6.61 Å². The van der Waals surface area contributed by atoms with Crippen LogP contribution >= 0.6 is 0 Å². The topological polar surface area (TPSA) is 47.6 Å². The van der Waals surface area contributed by atoms with Gasteiger partial charge in [0.15, 0.2) is 0 Å². The summed E-state index contributed by atoms with van der Waals surface area (Å²) in [6, 6.07) is 0. The number of carbonyl (C=O) groups excluding carboxylic acids is 1. The number of carbonyl (C=O) groups is 1. The fourth-order valence-corrected chi connectivity index (χ4v) is 1.35. The molecule has 0 spiro atoms. The van der Waals surface area contributed by atoms with E-state index in [4.69, 9.17) is 9.47 Å². The van der Waals surface area contributed by atoms with Crippen LogP contribution in [0, 0.1) is 5.92 Å². The second kappa shape index (κ2) is 3.87. The summed E-state index contributed by atoms with van der Waals surface area (Å²) in [6.45, 7) is 4.31. The lowest BCUT2D eigenvalue weighted by Crippen LogP contribution is -2.59. The van der Waals surface area contributed by atoms with Crippen LogP contribution in [0.4, 0.5) is 0 Å². The normalized spacial score (nSPS) is 24.1. The van der Waals surface area contributed by atoms with Gasteiger partial charge in [0.05, 0.1) is 12.2 Å². The highest BCUT2D eigenvalue weighted by Crippen LogP contribution is 2.28. The average molecular weight is 199 g/mol. The molecule has 80 valence electrons. The SMILES string of the molecule is CC1(OCC(=O)OCC2CC2)CNC1. The second-order valence-corrected chi connectivity index (χ2v) is 4.47. The zero-order valence-corrected chi connectivity index (χ0v) is 8.54. The zero-order chi connectivity index (χ0) is 10.0. The van der Waals surface area contributed by atoms with Gasteiger partial charge < -0.3 is 14.8 Å². The van der Waals surface area contributed by atoms with Crippen LogP contribution in [0.3, 0.4) is 0 Å². The molecule has 2 fully saturated rings. The van der Waals surface area contributed by atoms with Gasteiger partial charge in [0, 0.05) is 13.1 Å². The molecule has 14 heavy (non-hydrogen) atoms. The van der Waals surface area contributed by atoms with Gasteiger partial charge >= 0.3 is 5.97 Å². The first-order valence-corrected chi connectivity index (χ1v) is 5.18. The van der Waals surface area contributed by atoms with Crippen molar-refractivity contribution in [2.75, 3.05) is 26.3 Å². The molecule has 0 bridgehead atoms. The quantitative estimate of drug-likeness (QED) is 0.648. The average Bonchev–Trinajstić information content (AvgIpc) is 2.91. The molecule has 0 amide bonds. The Balaban J connectivity index is 1.56. The lowest BCUT2D eigenvalue weighted by molar-refractivity contribution is -0.158. The van der Waals surface area contributed by atoms with Crippen molar-refractivity contribution in [3.8, 4) is 0 Å². The van der Waals surface area contributed by atoms with E-state index < -0.39 is 0 Å². The molecule has 4 heteroatoms. The maximum absolute atomic E-state index is 11.2. The third-order valence-corrected chi connectivity index (χ3v) is 2.71. The van der Waals surface area contributed by atoms with E-state index in [1.165, 1.54) is 12.8 Å². The predicted octanol–water partition coefficient (Wildman–Crippen LogP) is 0.318. The molecule has 0 radical (unpaired) electrons. The van der Waals surface area contributed by atoms with Crippen molar-refractivity contribution in [1.29, 1.82) is 0 Å². The van der Waals surface area contributed by atoms with Crippen LogP contribution in [-0.4, -0.2) is 37.9 Å². The Labute approximate surface area is 84.0 Å². The third-order valence-electron chi connectivity index (χ3n) is 2.71. The van der Waals surface area contributed by atoms with Crippen LogP contribution < -0.4 is 5.32 Å². The summed E-state index contributed by atoms with van der Waals surface area (Å²) in [5, 5.41) is 3.11. The summed E-state index contributed by atoms with van der Waals surface area (Å²) >= 11 is 0. The van der Waals surface area contributed by atoms with Gasteiger partial charge in [-0.2, -0.15) is 0 Å². The van der Waals surface area contributed by atoms with Crippen LogP contribution in [0.25, 0.3) is 0 Å². The molecule has 0 aromatic rings. The minimum atomic E-state index is -0.231.